The first-order valence-corrected chi connectivity index (χ1v) is 11.3. The van der Waals surface area contributed by atoms with Gasteiger partial charge in [-0.15, -0.1) is 0 Å². The number of nitrogens with one attached hydrogen (secondary N) is 1. The monoisotopic (exact) mass is 474 g/mol. The Bertz CT molecular complexity index is 1080. The molecule has 1 unspecified atom stereocenters. The van der Waals surface area contributed by atoms with Crippen molar-refractivity contribution in [2.75, 3.05) is 26.2 Å². The summed E-state index contributed by atoms with van der Waals surface area (Å²) in [7, 11) is 0. The van der Waals surface area contributed by atoms with Crippen LogP contribution in [0.5, 0.6) is 5.75 Å². The second-order valence-corrected chi connectivity index (χ2v) is 8.65. The van der Waals surface area contributed by atoms with Crippen LogP contribution in [0.4, 0.5) is 0 Å². The van der Waals surface area contributed by atoms with Gasteiger partial charge in [0, 0.05) is 37.6 Å². The Morgan fingerprint density at radius 2 is 1.97 bits per heavy atom. The molecule has 0 spiro atoms. The van der Waals surface area contributed by atoms with Crippen LogP contribution in [0.3, 0.4) is 0 Å². The molecule has 0 radical (unpaired) electrons. The molecule has 1 aliphatic rings. The molecule has 0 saturated carbocycles. The number of likely N-dealkylation sites (tertiary alicyclic amines) is 1. The number of β-amino-alcohol motifs (C(OH)–C–C–N with tert-alkyl or cyclic N) is 1. The molecule has 1 aromatic heterocycles. The number of aliphatic hydroxyl groups excluding tert-OH is 1. The summed E-state index contributed by atoms with van der Waals surface area (Å²) in [6.45, 7) is 2.25. The molecule has 3 aromatic rings. The third-order valence-corrected chi connectivity index (χ3v) is 6.23. The number of hydrogen-bond donors (Lipinski definition) is 2. The first-order valence-electron chi connectivity index (χ1n) is 10.5. The van der Waals surface area contributed by atoms with Gasteiger partial charge in [0.2, 0.25) is 0 Å². The SMILES string of the molecule is O=C(NCC(O)CN1CCC(Oc2ccc(Cl)c(Cl)c2)CC1)c1cnnc2ccccc12. The quantitative estimate of drug-likeness (QED) is 0.544. The van der Waals surface area contributed by atoms with E-state index in [-0.39, 0.29) is 18.6 Å². The maximum Gasteiger partial charge on any atom is 0.253 e. The number of amides is 1. The molecule has 7 nitrogen and oxygen atoms in total. The normalized spacial score (nSPS) is 16.1. The van der Waals surface area contributed by atoms with Gasteiger partial charge in [0.15, 0.2) is 0 Å². The van der Waals surface area contributed by atoms with Gasteiger partial charge in [-0.25, -0.2) is 0 Å². The predicted molar refractivity (Wildman–Crippen MR) is 124 cm³/mol. The van der Waals surface area contributed by atoms with Gasteiger partial charge in [0.25, 0.3) is 5.91 Å². The van der Waals surface area contributed by atoms with E-state index in [0.29, 0.717) is 33.4 Å². The molecule has 0 aliphatic carbocycles. The van der Waals surface area contributed by atoms with E-state index in [2.05, 4.69) is 20.4 Å². The number of benzene rings is 2. The van der Waals surface area contributed by atoms with Gasteiger partial charge in [-0.05, 0) is 31.0 Å². The van der Waals surface area contributed by atoms with E-state index in [9.17, 15) is 9.90 Å². The Balaban J connectivity index is 1.22. The number of fused-ring (bicyclic) bond motifs is 1. The average molecular weight is 475 g/mol. The van der Waals surface area contributed by atoms with Crippen molar-refractivity contribution < 1.29 is 14.6 Å². The molecule has 4 rings (SSSR count). The van der Waals surface area contributed by atoms with Gasteiger partial charge in [-0.2, -0.15) is 10.2 Å². The molecule has 2 aromatic carbocycles. The lowest BCUT2D eigenvalue weighted by Crippen LogP contribution is -2.45. The Hall–Kier alpha value is -2.45. The maximum absolute atomic E-state index is 12.6. The first-order chi connectivity index (χ1) is 15.5. The standard InChI is InChI=1S/C23H24Cl2N4O3/c24-20-6-5-17(11-21(20)25)32-16-7-9-29(10-8-16)14-15(30)12-26-23(31)19-13-27-28-22-4-2-1-3-18(19)22/h1-6,11,13,15-16,30H,7-10,12,14H2,(H,26,31). The fraction of sp³-hybridized carbons (Fsp3) is 0.348. The summed E-state index contributed by atoms with van der Waals surface area (Å²) in [6.07, 6.45) is 2.55. The molecular formula is C23H24Cl2N4O3. The number of carbonyl (C=O) groups excluding carboxylic acids is 1. The van der Waals surface area contributed by atoms with Crippen LogP contribution in [0.1, 0.15) is 23.2 Å². The Kier molecular flexibility index (Phi) is 7.42. The van der Waals surface area contributed by atoms with E-state index < -0.39 is 6.10 Å². The van der Waals surface area contributed by atoms with Crippen LogP contribution in [0.2, 0.25) is 10.0 Å². The molecule has 9 heteroatoms. The predicted octanol–water partition coefficient (Wildman–Crippen LogP) is 3.57. The van der Waals surface area contributed by atoms with Crippen molar-refractivity contribution in [2.45, 2.75) is 25.0 Å². The lowest BCUT2D eigenvalue weighted by molar-refractivity contribution is 0.0594. The molecular weight excluding hydrogens is 451 g/mol. The van der Waals surface area contributed by atoms with Crippen LogP contribution in [0.25, 0.3) is 10.9 Å². The summed E-state index contributed by atoms with van der Waals surface area (Å²) in [5.74, 6) is 0.433. The number of piperidine rings is 1. The van der Waals surface area contributed by atoms with Crippen molar-refractivity contribution in [3.05, 3.63) is 64.3 Å². The van der Waals surface area contributed by atoms with Crippen LogP contribution >= 0.6 is 23.2 Å². The van der Waals surface area contributed by atoms with Crippen LogP contribution in [-0.2, 0) is 0 Å². The first kappa shape index (κ1) is 22.7. The van der Waals surface area contributed by atoms with E-state index in [1.54, 1.807) is 12.1 Å². The smallest absolute Gasteiger partial charge is 0.253 e. The Morgan fingerprint density at radius 3 is 2.75 bits per heavy atom. The Morgan fingerprint density at radius 1 is 1.19 bits per heavy atom. The zero-order valence-corrected chi connectivity index (χ0v) is 18.9. The molecule has 1 aliphatic heterocycles. The summed E-state index contributed by atoms with van der Waals surface area (Å²) in [4.78, 5) is 14.8. The number of nitrogens with zero attached hydrogens (tertiary/aromatic N) is 3. The number of ether oxygens (including phenoxy) is 1. The minimum Gasteiger partial charge on any atom is -0.490 e. The van der Waals surface area contributed by atoms with Gasteiger partial charge < -0.3 is 20.1 Å². The minimum absolute atomic E-state index is 0.0906. The summed E-state index contributed by atoms with van der Waals surface area (Å²) in [5.41, 5.74) is 1.11. The second kappa shape index (κ2) is 10.4. The highest BCUT2D eigenvalue weighted by atomic mass is 35.5. The van der Waals surface area contributed by atoms with E-state index in [0.717, 1.165) is 31.3 Å². The highest BCUT2D eigenvalue weighted by molar-refractivity contribution is 6.42. The van der Waals surface area contributed by atoms with E-state index in [1.165, 1.54) is 6.20 Å². The van der Waals surface area contributed by atoms with Crippen molar-refractivity contribution >= 4 is 40.0 Å². The summed E-state index contributed by atoms with van der Waals surface area (Å²) in [5, 5.41) is 22.9. The minimum atomic E-state index is -0.674. The molecule has 2 heterocycles. The molecule has 2 N–H and O–H groups in total. The second-order valence-electron chi connectivity index (χ2n) is 7.83. The van der Waals surface area contributed by atoms with Gasteiger partial charge in [-0.1, -0.05) is 41.4 Å². The zero-order valence-electron chi connectivity index (χ0n) is 17.4. The highest BCUT2D eigenvalue weighted by Crippen LogP contribution is 2.28. The molecule has 1 amide bonds. The third-order valence-electron chi connectivity index (χ3n) is 5.49. The summed E-state index contributed by atoms with van der Waals surface area (Å²) >= 11 is 12.0. The van der Waals surface area contributed by atoms with Gasteiger partial charge in [0.1, 0.15) is 11.9 Å². The number of rotatable bonds is 7. The van der Waals surface area contributed by atoms with Crippen molar-refractivity contribution in [1.82, 2.24) is 20.4 Å². The van der Waals surface area contributed by atoms with Crippen molar-refractivity contribution in [3.8, 4) is 5.75 Å². The lowest BCUT2D eigenvalue weighted by atomic mass is 10.1. The average Bonchev–Trinajstić information content (AvgIpc) is 2.81. The van der Waals surface area contributed by atoms with E-state index in [4.69, 9.17) is 27.9 Å². The topological polar surface area (TPSA) is 87.6 Å². The number of aromatic nitrogens is 2. The number of halogens is 2. The number of hydrogen-bond acceptors (Lipinski definition) is 6. The van der Waals surface area contributed by atoms with Crippen molar-refractivity contribution in [2.24, 2.45) is 0 Å². The number of aliphatic hydroxyl groups is 1. The summed E-state index contributed by atoms with van der Waals surface area (Å²) in [6, 6.07) is 12.6. The Labute approximate surface area is 196 Å². The highest BCUT2D eigenvalue weighted by Gasteiger charge is 2.23. The summed E-state index contributed by atoms with van der Waals surface area (Å²) < 4.78 is 6.01. The van der Waals surface area contributed by atoms with Gasteiger partial charge in [-0.3, -0.25) is 4.79 Å². The largest absolute Gasteiger partial charge is 0.490 e. The number of carbonyl (C=O) groups is 1. The van der Waals surface area contributed by atoms with Crippen LogP contribution in [0, 0.1) is 0 Å². The maximum atomic E-state index is 12.6. The molecule has 168 valence electrons. The van der Waals surface area contributed by atoms with Gasteiger partial charge in [0.05, 0.1) is 33.4 Å². The van der Waals surface area contributed by atoms with Crippen LogP contribution < -0.4 is 10.1 Å². The third kappa shape index (κ3) is 5.66. The zero-order chi connectivity index (χ0) is 22.5. The van der Waals surface area contributed by atoms with Crippen LogP contribution in [0.15, 0.2) is 48.7 Å². The lowest BCUT2D eigenvalue weighted by Gasteiger charge is -2.33. The fourth-order valence-electron chi connectivity index (χ4n) is 3.81. The molecule has 1 fully saturated rings. The van der Waals surface area contributed by atoms with Crippen molar-refractivity contribution in [1.29, 1.82) is 0 Å². The molecule has 32 heavy (non-hydrogen) atoms. The molecule has 1 atom stereocenters. The van der Waals surface area contributed by atoms with E-state index >= 15 is 0 Å². The van der Waals surface area contributed by atoms with Crippen LogP contribution in [-0.4, -0.2) is 64.5 Å². The van der Waals surface area contributed by atoms with Crippen molar-refractivity contribution in [3.63, 3.8) is 0 Å². The molecule has 0 bridgehead atoms. The molecule has 1 saturated heterocycles. The van der Waals surface area contributed by atoms with Gasteiger partial charge >= 0.3 is 0 Å². The fourth-order valence-corrected chi connectivity index (χ4v) is 4.10. The van der Waals surface area contributed by atoms with E-state index in [1.807, 2.05) is 30.3 Å².